The number of amides is 2. The molecule has 1 fully saturated rings. The molecule has 1 aliphatic rings. The number of thioether (sulfide) groups is 1. The molecule has 36 heavy (non-hydrogen) atoms. The predicted molar refractivity (Wildman–Crippen MR) is 142 cm³/mol. The number of aryl methyl sites for hydroxylation is 1. The summed E-state index contributed by atoms with van der Waals surface area (Å²) in [6.45, 7) is 1.92. The summed E-state index contributed by atoms with van der Waals surface area (Å²) in [5, 5.41) is 23.4. The number of nitro groups is 1. The van der Waals surface area contributed by atoms with E-state index in [4.69, 9.17) is 0 Å². The highest BCUT2D eigenvalue weighted by Gasteiger charge is 2.41. The lowest BCUT2D eigenvalue weighted by molar-refractivity contribution is -0.384. The predicted octanol–water partition coefficient (Wildman–Crippen LogP) is 5.73. The average Bonchev–Trinajstić information content (AvgIpc) is 3.17. The molecule has 0 unspecified atom stereocenters. The molecular formula is C26H19BrN4O4S. The van der Waals surface area contributed by atoms with E-state index >= 15 is 0 Å². The van der Waals surface area contributed by atoms with Crippen LogP contribution in [0.1, 0.15) is 11.1 Å². The minimum atomic E-state index is -0.674. The lowest BCUT2D eigenvalue weighted by atomic mass is 10.1. The Hall–Kier alpha value is -3.94. The zero-order valence-corrected chi connectivity index (χ0v) is 21.4. The highest BCUT2D eigenvalue weighted by molar-refractivity contribution is 9.10. The van der Waals surface area contributed by atoms with Crippen molar-refractivity contribution < 1.29 is 14.5 Å². The van der Waals surface area contributed by atoms with Gasteiger partial charge >= 0.3 is 0 Å². The molecule has 0 bridgehead atoms. The monoisotopic (exact) mass is 562 g/mol. The maximum Gasteiger partial charge on any atom is 0.269 e. The van der Waals surface area contributed by atoms with Crippen molar-refractivity contribution in [3.05, 3.63) is 109 Å². The molecule has 0 aliphatic carbocycles. The van der Waals surface area contributed by atoms with Crippen LogP contribution in [-0.2, 0) is 16.0 Å². The number of nitrogens with one attached hydrogen (secondary N) is 1. The molecule has 4 rings (SSSR count). The van der Waals surface area contributed by atoms with Crippen molar-refractivity contribution in [2.24, 2.45) is 0 Å². The summed E-state index contributed by atoms with van der Waals surface area (Å²) >= 11 is 4.44. The molecule has 1 atom stereocenters. The molecular weight excluding hydrogens is 544 g/mol. The summed E-state index contributed by atoms with van der Waals surface area (Å²) in [5.41, 5.74) is 2.36. The molecule has 3 aromatic carbocycles. The minimum Gasteiger partial charge on any atom is -0.321 e. The van der Waals surface area contributed by atoms with Crippen LogP contribution < -0.4 is 10.2 Å². The van der Waals surface area contributed by atoms with Crippen LogP contribution in [0.15, 0.2) is 87.9 Å². The molecule has 2 amide bonds. The second-order valence-electron chi connectivity index (χ2n) is 8.00. The minimum absolute atomic E-state index is 0.0688. The number of nitriles is 1. The zero-order chi connectivity index (χ0) is 25.8. The van der Waals surface area contributed by atoms with Crippen molar-refractivity contribution in [3.8, 4) is 6.07 Å². The van der Waals surface area contributed by atoms with Crippen LogP contribution in [0, 0.1) is 28.4 Å². The molecule has 0 saturated carbocycles. The van der Waals surface area contributed by atoms with E-state index in [-0.39, 0.29) is 28.6 Å². The number of rotatable bonds is 6. The SMILES string of the molecule is Cc1ccc(N2C(=O)[C@H](Cc3cccc([N+](=O)[O-])c3)S/C2=C(/C#N)C(=O)Nc2ccc(Br)cc2)cc1. The maximum absolute atomic E-state index is 13.6. The first kappa shape index (κ1) is 25.2. The summed E-state index contributed by atoms with van der Waals surface area (Å²) in [4.78, 5) is 38.7. The quantitative estimate of drug-likeness (QED) is 0.177. The Balaban J connectivity index is 1.72. The third kappa shape index (κ3) is 5.48. The first-order valence-corrected chi connectivity index (χ1v) is 12.5. The largest absolute Gasteiger partial charge is 0.321 e. The van der Waals surface area contributed by atoms with Gasteiger partial charge in [0.05, 0.1) is 10.2 Å². The Morgan fingerprint density at radius 3 is 2.50 bits per heavy atom. The Labute approximate surface area is 219 Å². The number of halogens is 1. The summed E-state index contributed by atoms with van der Waals surface area (Å²) in [7, 11) is 0. The molecule has 8 nitrogen and oxygen atoms in total. The fourth-order valence-corrected chi connectivity index (χ4v) is 5.23. The third-order valence-corrected chi connectivity index (χ3v) is 7.23. The standard InChI is InChI=1S/C26H19BrN4O4S/c1-16-5-11-20(12-6-16)30-25(33)23(14-17-3-2-4-21(13-17)31(34)35)36-26(30)22(15-28)24(32)29-19-9-7-18(27)8-10-19/h2-13,23H,14H2,1H3,(H,29,32)/b26-22-/t23-/m0/s1. The van der Waals surface area contributed by atoms with Gasteiger partial charge in [-0.15, -0.1) is 0 Å². The number of anilines is 2. The Morgan fingerprint density at radius 2 is 1.86 bits per heavy atom. The van der Waals surface area contributed by atoms with Crippen LogP contribution in [0.25, 0.3) is 0 Å². The maximum atomic E-state index is 13.6. The van der Waals surface area contributed by atoms with Gasteiger partial charge in [0.25, 0.3) is 11.6 Å². The summed E-state index contributed by atoms with van der Waals surface area (Å²) in [6, 6.07) is 22.2. The van der Waals surface area contributed by atoms with Gasteiger partial charge < -0.3 is 5.32 Å². The van der Waals surface area contributed by atoms with Crippen LogP contribution in [0.4, 0.5) is 17.1 Å². The second-order valence-corrected chi connectivity index (χ2v) is 10.1. The van der Waals surface area contributed by atoms with Gasteiger partial charge in [-0.05, 0) is 55.3 Å². The van der Waals surface area contributed by atoms with E-state index in [1.54, 1.807) is 48.5 Å². The van der Waals surface area contributed by atoms with E-state index in [9.17, 15) is 25.0 Å². The van der Waals surface area contributed by atoms with E-state index in [1.807, 2.05) is 25.1 Å². The first-order valence-electron chi connectivity index (χ1n) is 10.8. The number of nitro benzene ring substituents is 1. The van der Waals surface area contributed by atoms with Gasteiger partial charge in [-0.1, -0.05) is 57.5 Å². The highest BCUT2D eigenvalue weighted by Crippen LogP contribution is 2.42. The van der Waals surface area contributed by atoms with Gasteiger partial charge in [0.2, 0.25) is 5.91 Å². The normalized spacial score (nSPS) is 16.4. The first-order chi connectivity index (χ1) is 17.3. The molecule has 10 heteroatoms. The molecule has 1 aliphatic heterocycles. The zero-order valence-electron chi connectivity index (χ0n) is 19.0. The van der Waals surface area contributed by atoms with Crippen molar-refractivity contribution in [2.75, 3.05) is 10.2 Å². The molecule has 0 spiro atoms. The fourth-order valence-electron chi connectivity index (χ4n) is 3.65. The van der Waals surface area contributed by atoms with Crippen molar-refractivity contribution in [1.82, 2.24) is 0 Å². The lowest BCUT2D eigenvalue weighted by Gasteiger charge is -2.19. The number of benzene rings is 3. The van der Waals surface area contributed by atoms with Crippen LogP contribution in [0.5, 0.6) is 0 Å². The molecule has 1 heterocycles. The number of carbonyl (C=O) groups is 2. The van der Waals surface area contributed by atoms with Crippen molar-refractivity contribution in [3.63, 3.8) is 0 Å². The molecule has 0 aromatic heterocycles. The average molecular weight is 563 g/mol. The molecule has 180 valence electrons. The van der Waals surface area contributed by atoms with Crippen LogP contribution in [0.3, 0.4) is 0 Å². The fraction of sp³-hybridized carbons (Fsp3) is 0.115. The molecule has 1 saturated heterocycles. The Morgan fingerprint density at radius 1 is 1.17 bits per heavy atom. The smallest absolute Gasteiger partial charge is 0.269 e. The van der Waals surface area contributed by atoms with E-state index in [0.29, 0.717) is 16.9 Å². The van der Waals surface area contributed by atoms with Crippen LogP contribution in [0.2, 0.25) is 0 Å². The highest BCUT2D eigenvalue weighted by atomic mass is 79.9. The lowest BCUT2D eigenvalue weighted by Crippen LogP contribution is -2.30. The van der Waals surface area contributed by atoms with E-state index in [1.165, 1.54) is 17.0 Å². The summed E-state index contributed by atoms with van der Waals surface area (Å²) < 4.78 is 0.839. The topological polar surface area (TPSA) is 116 Å². The van der Waals surface area contributed by atoms with Gasteiger partial charge in [0, 0.05) is 28.0 Å². The van der Waals surface area contributed by atoms with Crippen LogP contribution in [-0.4, -0.2) is 22.0 Å². The van der Waals surface area contributed by atoms with E-state index in [0.717, 1.165) is 21.8 Å². The number of hydrogen-bond donors (Lipinski definition) is 1. The number of non-ortho nitro benzene ring substituents is 1. The van der Waals surface area contributed by atoms with Crippen molar-refractivity contribution in [1.29, 1.82) is 5.26 Å². The summed E-state index contributed by atoms with van der Waals surface area (Å²) in [5.74, 6) is -0.946. The summed E-state index contributed by atoms with van der Waals surface area (Å²) in [6.07, 6.45) is 0.198. The number of carbonyl (C=O) groups excluding carboxylic acids is 2. The van der Waals surface area contributed by atoms with Gasteiger partial charge in [0.15, 0.2) is 0 Å². The van der Waals surface area contributed by atoms with E-state index in [2.05, 4.69) is 21.2 Å². The van der Waals surface area contributed by atoms with Gasteiger partial charge in [-0.3, -0.25) is 24.6 Å². The molecule has 3 aromatic rings. The van der Waals surface area contributed by atoms with Crippen LogP contribution >= 0.6 is 27.7 Å². The number of hydrogen-bond acceptors (Lipinski definition) is 6. The second kappa shape index (κ2) is 10.8. The number of nitrogens with zero attached hydrogens (tertiary/aromatic N) is 3. The third-order valence-electron chi connectivity index (χ3n) is 5.44. The van der Waals surface area contributed by atoms with Gasteiger partial charge in [-0.25, -0.2) is 0 Å². The van der Waals surface area contributed by atoms with Gasteiger partial charge in [0.1, 0.15) is 16.7 Å². The van der Waals surface area contributed by atoms with Crippen molar-refractivity contribution in [2.45, 2.75) is 18.6 Å². The molecule has 1 N–H and O–H groups in total. The Bertz CT molecular complexity index is 1420. The van der Waals surface area contributed by atoms with E-state index < -0.39 is 16.1 Å². The van der Waals surface area contributed by atoms with Crippen molar-refractivity contribution >= 4 is 56.6 Å². The Kier molecular flexibility index (Phi) is 7.52. The molecule has 0 radical (unpaired) electrons. The van der Waals surface area contributed by atoms with Gasteiger partial charge in [-0.2, -0.15) is 5.26 Å².